The summed E-state index contributed by atoms with van der Waals surface area (Å²) in [6, 6.07) is 5.49. The van der Waals surface area contributed by atoms with Gasteiger partial charge < -0.3 is 14.6 Å². The summed E-state index contributed by atoms with van der Waals surface area (Å²) in [6.07, 6.45) is -5.39. The Morgan fingerprint density at radius 2 is 1.71 bits per heavy atom. The van der Waals surface area contributed by atoms with E-state index in [1.165, 1.54) is 24.3 Å². The molecule has 0 heterocycles. The largest absolute Gasteiger partial charge is 0.573 e. The summed E-state index contributed by atoms with van der Waals surface area (Å²) < 4.78 is 45.5. The van der Waals surface area contributed by atoms with Crippen LogP contribution in [-0.2, 0) is 11.2 Å². The molecule has 2 atom stereocenters. The molecule has 0 aliphatic rings. The lowest BCUT2D eigenvalue weighted by Gasteiger charge is -2.26. The molecule has 0 aliphatic carbocycles. The topological polar surface area (TPSA) is 38.7 Å². The summed E-state index contributed by atoms with van der Waals surface area (Å²) in [7, 11) is 0. The maximum absolute atomic E-state index is 12.1. The number of hydrogen-bond donors (Lipinski definition) is 1. The molecule has 21 heavy (non-hydrogen) atoms. The first-order valence-corrected chi connectivity index (χ1v) is 6.87. The molecule has 0 spiro atoms. The van der Waals surface area contributed by atoms with E-state index in [1.54, 1.807) is 0 Å². The van der Waals surface area contributed by atoms with Gasteiger partial charge in [0, 0.05) is 13.0 Å². The van der Waals surface area contributed by atoms with E-state index in [0.717, 1.165) is 5.56 Å². The molecule has 1 aromatic rings. The zero-order valence-corrected chi connectivity index (χ0v) is 12.4. The highest BCUT2D eigenvalue weighted by atomic mass is 19.4. The molecule has 120 valence electrons. The van der Waals surface area contributed by atoms with Gasteiger partial charge in [-0.1, -0.05) is 26.0 Å². The maximum atomic E-state index is 12.1. The Bertz CT molecular complexity index is 415. The molecule has 0 saturated heterocycles. The third-order valence-corrected chi connectivity index (χ3v) is 3.00. The lowest BCUT2D eigenvalue weighted by atomic mass is 9.96. The first kappa shape index (κ1) is 17.8. The fraction of sp³-hybridized carbons (Fsp3) is 0.600. The molecule has 0 saturated carbocycles. The molecule has 0 aliphatic heterocycles. The second-order valence-electron chi connectivity index (χ2n) is 5.13. The Morgan fingerprint density at radius 1 is 1.14 bits per heavy atom. The quantitative estimate of drug-likeness (QED) is 0.837. The van der Waals surface area contributed by atoms with Crippen LogP contribution >= 0.6 is 0 Å². The molecule has 1 rings (SSSR count). The van der Waals surface area contributed by atoms with Gasteiger partial charge in [-0.15, -0.1) is 13.2 Å². The summed E-state index contributed by atoms with van der Waals surface area (Å²) in [5, 5.41) is 10.2. The van der Waals surface area contributed by atoms with Crippen molar-refractivity contribution < 1.29 is 27.8 Å². The minimum absolute atomic E-state index is 0.146. The Labute approximate surface area is 122 Å². The summed E-state index contributed by atoms with van der Waals surface area (Å²) in [5.74, 6) is -0.126. The summed E-state index contributed by atoms with van der Waals surface area (Å²) >= 11 is 0. The van der Waals surface area contributed by atoms with Gasteiger partial charge in [-0.05, 0) is 30.5 Å². The van der Waals surface area contributed by atoms with Crippen LogP contribution in [0.25, 0.3) is 0 Å². The first-order chi connectivity index (χ1) is 9.73. The summed E-state index contributed by atoms with van der Waals surface area (Å²) in [4.78, 5) is 0. The monoisotopic (exact) mass is 306 g/mol. The fourth-order valence-corrected chi connectivity index (χ4v) is 2.13. The summed E-state index contributed by atoms with van der Waals surface area (Å²) in [6.45, 7) is 6.25. The molecular weight excluding hydrogens is 285 g/mol. The minimum Gasteiger partial charge on any atom is -0.406 e. The predicted molar refractivity (Wildman–Crippen MR) is 73.1 cm³/mol. The van der Waals surface area contributed by atoms with Crippen LogP contribution in [0.3, 0.4) is 0 Å². The third kappa shape index (κ3) is 6.35. The van der Waals surface area contributed by atoms with Crippen molar-refractivity contribution in [2.75, 3.05) is 6.61 Å². The standard InChI is InChI=1S/C15H21F3O3/c1-4-20-14(10(2)3)13(19)9-11-5-7-12(8-6-11)21-15(16,17)18/h5-8,10,13-14,19H,4,9H2,1-3H3. The van der Waals surface area contributed by atoms with Gasteiger partial charge in [0.05, 0.1) is 12.2 Å². The van der Waals surface area contributed by atoms with Crippen molar-refractivity contribution >= 4 is 0 Å². The van der Waals surface area contributed by atoms with Gasteiger partial charge >= 0.3 is 6.36 Å². The second kappa shape index (κ2) is 7.66. The maximum Gasteiger partial charge on any atom is 0.573 e. The number of rotatable bonds is 7. The van der Waals surface area contributed by atoms with E-state index in [0.29, 0.717) is 13.0 Å². The predicted octanol–water partition coefficient (Wildman–Crippen LogP) is 3.55. The lowest BCUT2D eigenvalue weighted by molar-refractivity contribution is -0.274. The van der Waals surface area contributed by atoms with E-state index in [2.05, 4.69) is 4.74 Å². The number of benzene rings is 1. The van der Waals surface area contributed by atoms with Crippen LogP contribution < -0.4 is 4.74 Å². The van der Waals surface area contributed by atoms with Gasteiger partial charge in [0.1, 0.15) is 5.75 Å². The van der Waals surface area contributed by atoms with Gasteiger partial charge in [-0.2, -0.15) is 0 Å². The van der Waals surface area contributed by atoms with Crippen LogP contribution in [-0.4, -0.2) is 30.3 Å². The smallest absolute Gasteiger partial charge is 0.406 e. The molecule has 0 bridgehead atoms. The highest BCUT2D eigenvalue weighted by molar-refractivity contribution is 5.27. The van der Waals surface area contributed by atoms with Crippen molar-refractivity contribution in [3.8, 4) is 5.75 Å². The Morgan fingerprint density at radius 3 is 2.14 bits per heavy atom. The molecule has 3 nitrogen and oxygen atoms in total. The molecule has 0 radical (unpaired) electrons. The number of aliphatic hydroxyl groups is 1. The Balaban J connectivity index is 2.66. The van der Waals surface area contributed by atoms with Crippen LogP contribution in [0.2, 0.25) is 0 Å². The van der Waals surface area contributed by atoms with Crippen LogP contribution in [0.5, 0.6) is 5.75 Å². The van der Waals surface area contributed by atoms with E-state index < -0.39 is 12.5 Å². The highest BCUT2D eigenvalue weighted by Crippen LogP contribution is 2.23. The molecule has 2 unspecified atom stereocenters. The summed E-state index contributed by atoms with van der Waals surface area (Å²) in [5.41, 5.74) is 0.724. The van der Waals surface area contributed by atoms with Gasteiger partial charge in [-0.3, -0.25) is 0 Å². The van der Waals surface area contributed by atoms with Crippen LogP contribution in [0.15, 0.2) is 24.3 Å². The number of aliphatic hydroxyl groups excluding tert-OH is 1. The average Bonchev–Trinajstić information content (AvgIpc) is 2.36. The Hall–Kier alpha value is -1.27. The first-order valence-electron chi connectivity index (χ1n) is 6.87. The fourth-order valence-electron chi connectivity index (χ4n) is 2.13. The number of hydrogen-bond acceptors (Lipinski definition) is 3. The zero-order valence-electron chi connectivity index (χ0n) is 12.4. The molecule has 0 fully saturated rings. The average molecular weight is 306 g/mol. The van der Waals surface area contributed by atoms with Crippen molar-refractivity contribution in [1.29, 1.82) is 0 Å². The van der Waals surface area contributed by atoms with E-state index in [4.69, 9.17) is 4.74 Å². The van der Waals surface area contributed by atoms with Gasteiger partial charge in [0.15, 0.2) is 0 Å². The van der Waals surface area contributed by atoms with Crippen molar-refractivity contribution in [3.05, 3.63) is 29.8 Å². The van der Waals surface area contributed by atoms with Crippen LogP contribution in [0, 0.1) is 5.92 Å². The van der Waals surface area contributed by atoms with Crippen LogP contribution in [0.1, 0.15) is 26.3 Å². The molecule has 6 heteroatoms. The molecule has 1 aromatic carbocycles. The molecular formula is C15H21F3O3. The normalized spacial score (nSPS) is 15.0. The van der Waals surface area contributed by atoms with Gasteiger partial charge in [0.25, 0.3) is 0 Å². The molecule has 0 amide bonds. The molecule has 0 aromatic heterocycles. The van der Waals surface area contributed by atoms with E-state index in [1.807, 2.05) is 20.8 Å². The number of ether oxygens (including phenoxy) is 2. The minimum atomic E-state index is -4.70. The third-order valence-electron chi connectivity index (χ3n) is 3.00. The van der Waals surface area contributed by atoms with Crippen molar-refractivity contribution in [2.45, 2.75) is 45.8 Å². The van der Waals surface area contributed by atoms with E-state index in [-0.39, 0.29) is 17.8 Å². The highest BCUT2D eigenvalue weighted by Gasteiger charge is 2.31. The SMILES string of the molecule is CCOC(C(C)C)C(O)Cc1ccc(OC(F)(F)F)cc1. The van der Waals surface area contributed by atoms with Gasteiger partial charge in [-0.25, -0.2) is 0 Å². The van der Waals surface area contributed by atoms with Crippen molar-refractivity contribution in [3.63, 3.8) is 0 Å². The van der Waals surface area contributed by atoms with Crippen molar-refractivity contribution in [2.24, 2.45) is 5.92 Å². The lowest BCUT2D eigenvalue weighted by Crippen LogP contribution is -2.35. The van der Waals surface area contributed by atoms with Crippen molar-refractivity contribution in [1.82, 2.24) is 0 Å². The second-order valence-corrected chi connectivity index (χ2v) is 5.13. The number of alkyl halides is 3. The van der Waals surface area contributed by atoms with E-state index >= 15 is 0 Å². The van der Waals surface area contributed by atoms with Gasteiger partial charge in [0.2, 0.25) is 0 Å². The zero-order chi connectivity index (χ0) is 16.0. The number of halogens is 3. The molecule has 1 N–H and O–H groups in total. The Kier molecular flexibility index (Phi) is 6.48. The van der Waals surface area contributed by atoms with E-state index in [9.17, 15) is 18.3 Å². The van der Waals surface area contributed by atoms with Crippen LogP contribution in [0.4, 0.5) is 13.2 Å².